The molecule has 2 aromatic heterocycles. The molecule has 1 saturated heterocycles. The lowest BCUT2D eigenvalue weighted by Crippen LogP contribution is -2.23. The second-order valence-electron chi connectivity index (χ2n) is 6.33. The molecule has 0 atom stereocenters. The van der Waals surface area contributed by atoms with Gasteiger partial charge in [0.25, 0.3) is 11.5 Å². The number of pyridine rings is 1. The molecule has 0 radical (unpaired) electrons. The third kappa shape index (κ3) is 4.26. The van der Waals surface area contributed by atoms with Crippen LogP contribution in [-0.2, 0) is 9.53 Å². The summed E-state index contributed by atoms with van der Waals surface area (Å²) >= 11 is 6.36. The zero-order chi connectivity index (χ0) is 20.3. The second-order valence-corrected chi connectivity index (χ2v) is 8.01. The standard InChI is InChI=1S/C19H22N4O3S2/c1-4-26-9-5-8-20-16-13(10-14-18(25)22(3)19(27)28-14)17(24)23-11-12(2)6-7-15(23)21-16/h6-7,10-11,20H,4-5,8-9H2,1-3H3. The van der Waals surface area contributed by atoms with E-state index >= 15 is 0 Å². The van der Waals surface area contributed by atoms with Crippen molar-refractivity contribution in [3.63, 3.8) is 0 Å². The van der Waals surface area contributed by atoms with Gasteiger partial charge in [-0.2, -0.15) is 0 Å². The summed E-state index contributed by atoms with van der Waals surface area (Å²) in [6.07, 6.45) is 4.10. The maximum Gasteiger partial charge on any atom is 0.267 e. The number of ether oxygens (including phenoxy) is 1. The molecule has 0 saturated carbocycles. The summed E-state index contributed by atoms with van der Waals surface area (Å²) in [5.41, 5.74) is 1.60. The molecule has 0 spiro atoms. The molecule has 28 heavy (non-hydrogen) atoms. The molecule has 0 aromatic carbocycles. The minimum atomic E-state index is -0.234. The van der Waals surface area contributed by atoms with E-state index in [-0.39, 0.29) is 11.5 Å². The van der Waals surface area contributed by atoms with Crippen LogP contribution in [0, 0.1) is 6.92 Å². The summed E-state index contributed by atoms with van der Waals surface area (Å²) in [6, 6.07) is 3.71. The van der Waals surface area contributed by atoms with Crippen LogP contribution in [0.15, 0.2) is 28.0 Å². The van der Waals surface area contributed by atoms with Gasteiger partial charge in [0.15, 0.2) is 0 Å². The molecule has 3 rings (SSSR count). The highest BCUT2D eigenvalue weighted by Crippen LogP contribution is 2.31. The Balaban J connectivity index is 2.03. The summed E-state index contributed by atoms with van der Waals surface area (Å²) in [4.78, 5) is 31.9. The Morgan fingerprint density at radius 2 is 2.14 bits per heavy atom. The molecule has 3 heterocycles. The number of nitrogens with one attached hydrogen (secondary N) is 1. The van der Waals surface area contributed by atoms with Crippen LogP contribution in [-0.4, -0.2) is 51.3 Å². The molecule has 7 nitrogen and oxygen atoms in total. The van der Waals surface area contributed by atoms with E-state index in [1.807, 2.05) is 19.9 Å². The first-order valence-corrected chi connectivity index (χ1v) is 10.2. The number of thiocarbonyl (C=S) groups is 1. The number of likely N-dealkylation sites (N-methyl/N-ethyl adjacent to an activating group) is 1. The topological polar surface area (TPSA) is 75.9 Å². The minimum absolute atomic E-state index is 0.217. The number of carbonyl (C=O) groups is 1. The molecule has 1 aliphatic heterocycles. The van der Waals surface area contributed by atoms with Gasteiger partial charge in [0.05, 0.1) is 10.5 Å². The van der Waals surface area contributed by atoms with Gasteiger partial charge in [-0.3, -0.25) is 18.9 Å². The summed E-state index contributed by atoms with van der Waals surface area (Å²) in [6.45, 7) is 5.75. The maximum atomic E-state index is 13.1. The first kappa shape index (κ1) is 20.5. The van der Waals surface area contributed by atoms with E-state index in [4.69, 9.17) is 17.0 Å². The van der Waals surface area contributed by atoms with Gasteiger partial charge < -0.3 is 10.1 Å². The van der Waals surface area contributed by atoms with Crippen molar-refractivity contribution in [2.45, 2.75) is 20.3 Å². The number of hydrogen-bond donors (Lipinski definition) is 1. The molecule has 1 amide bonds. The Hall–Kier alpha value is -2.23. The summed E-state index contributed by atoms with van der Waals surface area (Å²) in [5.74, 6) is 0.234. The molecule has 148 valence electrons. The Morgan fingerprint density at radius 3 is 2.82 bits per heavy atom. The third-order valence-corrected chi connectivity index (χ3v) is 5.71. The molecule has 1 aliphatic rings. The van der Waals surface area contributed by atoms with E-state index in [1.54, 1.807) is 25.4 Å². The van der Waals surface area contributed by atoms with Crippen LogP contribution in [0.1, 0.15) is 24.5 Å². The van der Waals surface area contributed by atoms with Crippen LogP contribution in [0.3, 0.4) is 0 Å². The molecule has 0 bridgehead atoms. The predicted octanol–water partition coefficient (Wildman–Crippen LogP) is 2.67. The smallest absolute Gasteiger partial charge is 0.267 e. The van der Waals surface area contributed by atoms with Crippen molar-refractivity contribution >= 4 is 51.7 Å². The van der Waals surface area contributed by atoms with Gasteiger partial charge in [-0.15, -0.1) is 0 Å². The molecule has 0 unspecified atom stereocenters. The van der Waals surface area contributed by atoms with E-state index in [0.29, 0.717) is 46.0 Å². The highest BCUT2D eigenvalue weighted by atomic mass is 32.2. The van der Waals surface area contributed by atoms with Crippen LogP contribution in [0.25, 0.3) is 11.7 Å². The molecule has 2 aromatic rings. The van der Waals surface area contributed by atoms with Gasteiger partial charge in [0.2, 0.25) is 0 Å². The lowest BCUT2D eigenvalue weighted by Gasteiger charge is -2.11. The zero-order valence-electron chi connectivity index (χ0n) is 16.0. The second kappa shape index (κ2) is 8.85. The van der Waals surface area contributed by atoms with E-state index in [1.165, 1.54) is 21.1 Å². The van der Waals surface area contributed by atoms with Gasteiger partial charge in [-0.25, -0.2) is 4.98 Å². The van der Waals surface area contributed by atoms with Crippen LogP contribution in [0.4, 0.5) is 5.82 Å². The highest BCUT2D eigenvalue weighted by molar-refractivity contribution is 8.26. The predicted molar refractivity (Wildman–Crippen MR) is 117 cm³/mol. The van der Waals surface area contributed by atoms with Gasteiger partial charge in [-0.05, 0) is 38.0 Å². The lowest BCUT2D eigenvalue weighted by atomic mass is 10.2. The fourth-order valence-corrected chi connectivity index (χ4v) is 3.89. The van der Waals surface area contributed by atoms with Crippen LogP contribution < -0.4 is 10.9 Å². The van der Waals surface area contributed by atoms with Crippen molar-refractivity contribution in [1.29, 1.82) is 0 Å². The molecule has 9 heteroatoms. The first-order chi connectivity index (χ1) is 13.4. The highest BCUT2D eigenvalue weighted by Gasteiger charge is 2.29. The minimum Gasteiger partial charge on any atom is -0.382 e. The Bertz CT molecular complexity index is 1020. The average Bonchev–Trinajstić information content (AvgIpc) is 2.91. The van der Waals surface area contributed by atoms with Gasteiger partial charge in [0, 0.05) is 33.0 Å². The summed E-state index contributed by atoms with van der Waals surface area (Å²) in [5, 5.41) is 3.21. The normalized spacial score (nSPS) is 15.8. The maximum absolute atomic E-state index is 13.1. The Labute approximate surface area is 172 Å². The zero-order valence-corrected chi connectivity index (χ0v) is 17.7. The summed E-state index contributed by atoms with van der Waals surface area (Å²) in [7, 11) is 1.63. The van der Waals surface area contributed by atoms with Crippen molar-refractivity contribution in [2.75, 3.05) is 32.1 Å². The van der Waals surface area contributed by atoms with Crippen LogP contribution in [0.5, 0.6) is 0 Å². The number of anilines is 1. The van der Waals surface area contributed by atoms with E-state index in [0.717, 1.165) is 12.0 Å². The number of aromatic nitrogens is 2. The molecule has 1 fully saturated rings. The number of fused-ring (bicyclic) bond motifs is 1. The lowest BCUT2D eigenvalue weighted by molar-refractivity contribution is -0.121. The third-order valence-electron chi connectivity index (χ3n) is 4.23. The monoisotopic (exact) mass is 418 g/mol. The van der Waals surface area contributed by atoms with Gasteiger partial charge in [0.1, 0.15) is 15.8 Å². The van der Waals surface area contributed by atoms with Gasteiger partial charge >= 0.3 is 0 Å². The van der Waals surface area contributed by atoms with E-state index < -0.39 is 0 Å². The molecular weight excluding hydrogens is 396 g/mol. The van der Waals surface area contributed by atoms with Crippen molar-refractivity contribution in [3.8, 4) is 0 Å². The van der Waals surface area contributed by atoms with Crippen LogP contribution in [0.2, 0.25) is 0 Å². The molecule has 0 aliphatic carbocycles. The first-order valence-electron chi connectivity index (χ1n) is 8.98. The van der Waals surface area contributed by atoms with Crippen LogP contribution >= 0.6 is 24.0 Å². The number of hydrogen-bond acceptors (Lipinski definition) is 7. The van der Waals surface area contributed by atoms with Crippen molar-refractivity contribution in [1.82, 2.24) is 14.3 Å². The number of carbonyl (C=O) groups excluding carboxylic acids is 1. The number of thioether (sulfide) groups is 1. The quantitative estimate of drug-likeness (QED) is 0.421. The number of amides is 1. The Morgan fingerprint density at radius 1 is 1.36 bits per heavy atom. The summed E-state index contributed by atoms with van der Waals surface area (Å²) < 4.78 is 7.31. The van der Waals surface area contributed by atoms with E-state index in [9.17, 15) is 9.59 Å². The van der Waals surface area contributed by atoms with Crippen molar-refractivity contribution < 1.29 is 9.53 Å². The molecular formula is C19H22N4O3S2. The molecule has 1 N–H and O–H groups in total. The number of aryl methyl sites for hydroxylation is 1. The fraction of sp³-hybridized carbons (Fsp3) is 0.368. The largest absolute Gasteiger partial charge is 0.382 e. The van der Waals surface area contributed by atoms with Crippen molar-refractivity contribution in [2.24, 2.45) is 0 Å². The number of rotatable bonds is 7. The SMILES string of the molecule is CCOCCCNc1nc2ccc(C)cn2c(=O)c1C=C1SC(=S)N(C)C1=O. The fourth-order valence-electron chi connectivity index (χ4n) is 2.73. The average molecular weight is 419 g/mol. The van der Waals surface area contributed by atoms with Crippen molar-refractivity contribution in [3.05, 3.63) is 44.7 Å². The van der Waals surface area contributed by atoms with E-state index in [2.05, 4.69) is 10.3 Å². The van der Waals surface area contributed by atoms with Gasteiger partial charge in [-0.1, -0.05) is 30.0 Å². The number of nitrogens with zero attached hydrogens (tertiary/aromatic N) is 3. The Kier molecular flexibility index (Phi) is 6.48.